The van der Waals surface area contributed by atoms with Gasteiger partial charge in [0, 0.05) is 35.6 Å². The lowest BCUT2D eigenvalue weighted by Crippen LogP contribution is -2.46. The van der Waals surface area contributed by atoms with Crippen LogP contribution in [-0.2, 0) is 24.2 Å². The van der Waals surface area contributed by atoms with Gasteiger partial charge in [-0.05, 0) is 32.6 Å². The summed E-state index contributed by atoms with van der Waals surface area (Å²) in [6, 6.07) is 0.496. The van der Waals surface area contributed by atoms with E-state index in [0.29, 0.717) is 12.6 Å². The molecule has 1 atom stereocenters. The number of rotatable bonds is 5. The molecule has 24 heavy (non-hydrogen) atoms. The van der Waals surface area contributed by atoms with E-state index in [2.05, 4.69) is 16.9 Å². The molecule has 1 fully saturated rings. The van der Waals surface area contributed by atoms with Gasteiger partial charge in [-0.3, -0.25) is 9.48 Å². The molecule has 0 radical (unpaired) electrons. The molecule has 126 valence electrons. The Morgan fingerprint density at radius 1 is 1.38 bits per heavy atom. The minimum Gasteiger partial charge on any atom is -0.481 e. The summed E-state index contributed by atoms with van der Waals surface area (Å²) in [6.07, 6.45) is 8.05. The number of carboxylic acid groups (broad SMARTS) is 1. The van der Waals surface area contributed by atoms with Crippen molar-refractivity contribution in [2.24, 2.45) is 0 Å². The number of aryl methyl sites for hydroxylation is 2. The molecular formula is C17H21N5O2. The molecule has 7 nitrogen and oxygen atoms in total. The highest BCUT2D eigenvalue weighted by molar-refractivity contribution is 5.67. The van der Waals surface area contributed by atoms with Gasteiger partial charge in [-0.1, -0.05) is 0 Å². The minimum atomic E-state index is -0.816. The number of carbonyl (C=O) groups is 1. The zero-order valence-electron chi connectivity index (χ0n) is 13.8. The fourth-order valence-corrected chi connectivity index (χ4v) is 3.42. The third-order valence-corrected chi connectivity index (χ3v) is 4.96. The standard InChI is InChI=1S/C17H21N5O2/c1-11-5-8-22(11)17-19-14-4-2-3-13(14)16(20-17)12-9-18-21(10-12)7-6-15(23)24/h9-11H,2-8H2,1H3,(H,23,24)/t11-/m0/s1. The highest BCUT2D eigenvalue weighted by Crippen LogP contribution is 2.33. The first-order valence-corrected chi connectivity index (χ1v) is 8.53. The van der Waals surface area contributed by atoms with Crippen molar-refractivity contribution in [1.82, 2.24) is 19.7 Å². The lowest BCUT2D eigenvalue weighted by molar-refractivity contribution is -0.137. The van der Waals surface area contributed by atoms with E-state index in [9.17, 15) is 4.79 Å². The van der Waals surface area contributed by atoms with Crippen molar-refractivity contribution in [2.75, 3.05) is 11.4 Å². The van der Waals surface area contributed by atoms with Crippen LogP contribution in [0, 0.1) is 0 Å². The van der Waals surface area contributed by atoms with Gasteiger partial charge in [-0.15, -0.1) is 0 Å². The fourth-order valence-electron chi connectivity index (χ4n) is 3.42. The predicted octanol–water partition coefficient (Wildman–Crippen LogP) is 1.90. The molecule has 2 aromatic rings. The first-order valence-electron chi connectivity index (χ1n) is 8.53. The number of anilines is 1. The number of hydrogen-bond donors (Lipinski definition) is 1. The summed E-state index contributed by atoms with van der Waals surface area (Å²) in [4.78, 5) is 22.6. The molecule has 4 rings (SSSR count). The summed E-state index contributed by atoms with van der Waals surface area (Å²) in [6.45, 7) is 3.58. The molecule has 3 heterocycles. The Kier molecular flexibility index (Phi) is 3.70. The quantitative estimate of drug-likeness (QED) is 0.903. The van der Waals surface area contributed by atoms with Crippen molar-refractivity contribution in [3.05, 3.63) is 23.7 Å². The number of fused-ring (bicyclic) bond motifs is 1. The van der Waals surface area contributed by atoms with E-state index >= 15 is 0 Å². The van der Waals surface area contributed by atoms with E-state index in [-0.39, 0.29) is 6.42 Å². The molecule has 1 aliphatic carbocycles. The second kappa shape index (κ2) is 5.89. The van der Waals surface area contributed by atoms with Crippen LogP contribution in [0.4, 0.5) is 5.95 Å². The molecule has 1 saturated heterocycles. The average molecular weight is 327 g/mol. The molecule has 0 spiro atoms. The Labute approximate surface area is 140 Å². The molecule has 0 aromatic carbocycles. The second-order valence-corrected chi connectivity index (χ2v) is 6.62. The van der Waals surface area contributed by atoms with Gasteiger partial charge in [0.1, 0.15) is 0 Å². The summed E-state index contributed by atoms with van der Waals surface area (Å²) < 4.78 is 1.68. The molecule has 1 N–H and O–H groups in total. The van der Waals surface area contributed by atoms with Crippen molar-refractivity contribution in [3.8, 4) is 11.3 Å². The average Bonchev–Trinajstić information content (AvgIpc) is 3.19. The largest absolute Gasteiger partial charge is 0.481 e. The topological polar surface area (TPSA) is 84.1 Å². The van der Waals surface area contributed by atoms with E-state index < -0.39 is 5.97 Å². The summed E-state index contributed by atoms with van der Waals surface area (Å²) >= 11 is 0. The lowest BCUT2D eigenvalue weighted by Gasteiger charge is -2.39. The molecular weight excluding hydrogens is 306 g/mol. The fraction of sp³-hybridized carbons (Fsp3) is 0.529. The van der Waals surface area contributed by atoms with Crippen LogP contribution in [0.1, 0.15) is 37.4 Å². The van der Waals surface area contributed by atoms with Crippen LogP contribution in [-0.4, -0.2) is 43.4 Å². The Balaban J connectivity index is 1.68. The summed E-state index contributed by atoms with van der Waals surface area (Å²) in [5, 5.41) is 13.1. The zero-order valence-corrected chi connectivity index (χ0v) is 13.8. The molecule has 2 aliphatic rings. The van der Waals surface area contributed by atoms with Crippen molar-refractivity contribution in [3.63, 3.8) is 0 Å². The number of hydrogen-bond acceptors (Lipinski definition) is 5. The first-order chi connectivity index (χ1) is 11.6. The molecule has 0 saturated carbocycles. The van der Waals surface area contributed by atoms with Gasteiger partial charge >= 0.3 is 5.97 Å². The highest BCUT2D eigenvalue weighted by Gasteiger charge is 2.29. The summed E-state index contributed by atoms with van der Waals surface area (Å²) in [5.41, 5.74) is 4.31. The van der Waals surface area contributed by atoms with Gasteiger partial charge in [0.25, 0.3) is 0 Å². The summed E-state index contributed by atoms with van der Waals surface area (Å²) in [5.74, 6) is 0.00622. The SMILES string of the molecule is C[C@H]1CCN1c1nc2c(c(-c3cnn(CCC(=O)O)c3)n1)CCC2. The van der Waals surface area contributed by atoms with Crippen molar-refractivity contribution in [2.45, 2.75) is 51.6 Å². The summed E-state index contributed by atoms with van der Waals surface area (Å²) in [7, 11) is 0. The van der Waals surface area contributed by atoms with Gasteiger partial charge in [0.2, 0.25) is 5.95 Å². The number of aromatic nitrogens is 4. The van der Waals surface area contributed by atoms with Crippen LogP contribution in [0.25, 0.3) is 11.3 Å². The minimum absolute atomic E-state index is 0.0690. The van der Waals surface area contributed by atoms with Crippen molar-refractivity contribution in [1.29, 1.82) is 0 Å². The van der Waals surface area contributed by atoms with Gasteiger partial charge in [-0.2, -0.15) is 5.10 Å². The van der Waals surface area contributed by atoms with Crippen molar-refractivity contribution >= 4 is 11.9 Å². The van der Waals surface area contributed by atoms with Crippen LogP contribution in [0.3, 0.4) is 0 Å². The van der Waals surface area contributed by atoms with E-state index in [1.807, 2.05) is 6.20 Å². The number of carboxylic acids is 1. The van der Waals surface area contributed by atoms with Crippen LogP contribution in [0.5, 0.6) is 0 Å². The van der Waals surface area contributed by atoms with E-state index in [4.69, 9.17) is 15.1 Å². The normalized spacial score (nSPS) is 19.2. The van der Waals surface area contributed by atoms with Gasteiger partial charge < -0.3 is 10.0 Å². The van der Waals surface area contributed by atoms with Crippen LogP contribution >= 0.6 is 0 Å². The Hall–Kier alpha value is -2.44. The molecule has 0 unspecified atom stereocenters. The monoisotopic (exact) mass is 327 g/mol. The van der Waals surface area contributed by atoms with E-state index in [1.165, 1.54) is 12.0 Å². The zero-order chi connectivity index (χ0) is 16.7. The Morgan fingerprint density at radius 2 is 2.25 bits per heavy atom. The Morgan fingerprint density at radius 3 is 2.96 bits per heavy atom. The third-order valence-electron chi connectivity index (χ3n) is 4.96. The second-order valence-electron chi connectivity index (χ2n) is 6.62. The maximum absolute atomic E-state index is 10.7. The van der Waals surface area contributed by atoms with Crippen LogP contribution in [0.15, 0.2) is 12.4 Å². The maximum Gasteiger partial charge on any atom is 0.305 e. The molecule has 7 heteroatoms. The molecule has 2 aromatic heterocycles. The molecule has 1 aliphatic heterocycles. The Bertz CT molecular complexity index is 785. The predicted molar refractivity (Wildman–Crippen MR) is 89.0 cm³/mol. The number of nitrogens with zero attached hydrogens (tertiary/aromatic N) is 5. The van der Waals surface area contributed by atoms with Crippen molar-refractivity contribution < 1.29 is 9.90 Å². The first kappa shape index (κ1) is 15.1. The van der Waals surface area contributed by atoms with E-state index in [0.717, 1.165) is 48.7 Å². The lowest BCUT2D eigenvalue weighted by atomic mass is 10.1. The van der Waals surface area contributed by atoms with Gasteiger partial charge in [0.05, 0.1) is 24.9 Å². The number of aliphatic carboxylic acids is 1. The smallest absolute Gasteiger partial charge is 0.305 e. The van der Waals surface area contributed by atoms with Crippen LogP contribution < -0.4 is 4.90 Å². The highest BCUT2D eigenvalue weighted by atomic mass is 16.4. The van der Waals surface area contributed by atoms with E-state index in [1.54, 1.807) is 10.9 Å². The van der Waals surface area contributed by atoms with Crippen LogP contribution in [0.2, 0.25) is 0 Å². The third kappa shape index (κ3) is 2.64. The van der Waals surface area contributed by atoms with Gasteiger partial charge in [0.15, 0.2) is 0 Å². The molecule has 0 bridgehead atoms. The van der Waals surface area contributed by atoms with Gasteiger partial charge in [-0.25, -0.2) is 9.97 Å². The maximum atomic E-state index is 10.7. The molecule has 0 amide bonds.